The van der Waals surface area contributed by atoms with Gasteiger partial charge < -0.3 is 34.5 Å². The first kappa shape index (κ1) is 18.6. The fourth-order valence-corrected chi connectivity index (χ4v) is 1.05. The number of carboxylic acids is 1. The van der Waals surface area contributed by atoms with Crippen LogP contribution in [-0.4, -0.2) is 81.7 Å². The van der Waals surface area contributed by atoms with Gasteiger partial charge in [-0.3, -0.25) is 0 Å². The van der Waals surface area contributed by atoms with E-state index in [1.165, 1.54) is 0 Å². The van der Waals surface area contributed by atoms with Crippen LogP contribution < -0.4 is 5.32 Å². The molecule has 0 aliphatic heterocycles. The molecular weight excluding hydrogens is 274 g/mol. The monoisotopic (exact) mass is 295 g/mol. The third-order valence-corrected chi connectivity index (χ3v) is 1.86. The number of ether oxygens (including phenoxy) is 4. The molecule has 0 aromatic rings. The van der Waals surface area contributed by atoms with Crippen LogP contribution in [0.15, 0.2) is 0 Å². The topological polar surface area (TPSA) is 124 Å². The Morgan fingerprint density at radius 1 is 0.750 bits per heavy atom. The average Bonchev–Trinajstić information content (AvgIpc) is 2.38. The second kappa shape index (κ2) is 14.0. The number of nitrogens with one attached hydrogen (secondary N) is 1. The Morgan fingerprint density at radius 3 is 1.65 bits per heavy atom. The summed E-state index contributed by atoms with van der Waals surface area (Å²) in [5.74, 6) is -1.01. The first-order chi connectivity index (χ1) is 9.63. The van der Waals surface area contributed by atoms with Gasteiger partial charge in [0.05, 0.1) is 46.2 Å². The molecule has 0 saturated heterocycles. The van der Waals surface area contributed by atoms with Gasteiger partial charge in [0.25, 0.3) is 0 Å². The lowest BCUT2D eigenvalue weighted by atomic mass is 10.6. The summed E-state index contributed by atoms with van der Waals surface area (Å²) in [7, 11) is 0. The summed E-state index contributed by atoms with van der Waals surface area (Å²) in [4.78, 5) is 20.2. The average molecular weight is 295 g/mol. The summed E-state index contributed by atoms with van der Waals surface area (Å²) in [5, 5.41) is 18.7. The number of rotatable bonds is 14. The van der Waals surface area contributed by atoms with Crippen LogP contribution in [0.1, 0.15) is 0 Å². The maximum atomic E-state index is 10.1. The van der Waals surface area contributed by atoms with Gasteiger partial charge in [-0.2, -0.15) is 0 Å². The van der Waals surface area contributed by atoms with E-state index in [2.05, 4.69) is 5.32 Å². The minimum absolute atomic E-state index is 0.228. The fraction of sp³-hybridized carbons (Fsp3) is 0.818. The standard InChI is InChI=1S/C11H21NO8/c13-10(14)9-20-8-7-19-6-5-18-4-3-17-2-1-12-11(15)16/h12H,1-9H2,(H,13,14)(H,15,16). The number of hydrogen-bond acceptors (Lipinski definition) is 6. The summed E-state index contributed by atoms with van der Waals surface area (Å²) in [6.07, 6.45) is -1.07. The van der Waals surface area contributed by atoms with Crippen LogP contribution in [0.2, 0.25) is 0 Å². The lowest BCUT2D eigenvalue weighted by Gasteiger charge is -2.07. The van der Waals surface area contributed by atoms with Gasteiger partial charge in [0, 0.05) is 6.54 Å². The second-order valence-corrected chi connectivity index (χ2v) is 3.52. The lowest BCUT2D eigenvalue weighted by molar-refractivity contribution is -0.142. The van der Waals surface area contributed by atoms with E-state index in [1.807, 2.05) is 0 Å². The molecule has 0 saturated carbocycles. The molecule has 0 atom stereocenters. The van der Waals surface area contributed by atoms with E-state index in [4.69, 9.17) is 29.2 Å². The minimum atomic E-state index is -1.07. The van der Waals surface area contributed by atoms with Gasteiger partial charge in [-0.15, -0.1) is 0 Å². The molecule has 0 unspecified atom stereocenters. The smallest absolute Gasteiger partial charge is 0.404 e. The van der Waals surface area contributed by atoms with Gasteiger partial charge >= 0.3 is 12.1 Å². The molecule has 9 nitrogen and oxygen atoms in total. The van der Waals surface area contributed by atoms with Crippen LogP contribution in [0.5, 0.6) is 0 Å². The van der Waals surface area contributed by atoms with Gasteiger partial charge in [0.2, 0.25) is 0 Å². The molecule has 3 N–H and O–H groups in total. The molecule has 0 aliphatic carbocycles. The summed E-state index contributed by atoms with van der Waals surface area (Å²) in [6, 6.07) is 0. The van der Waals surface area contributed by atoms with Gasteiger partial charge in [-0.25, -0.2) is 9.59 Å². The highest BCUT2D eigenvalue weighted by atomic mass is 16.6. The predicted octanol–water partition coefficient (Wildman–Crippen LogP) is -0.595. The van der Waals surface area contributed by atoms with E-state index >= 15 is 0 Å². The van der Waals surface area contributed by atoms with Gasteiger partial charge in [-0.05, 0) is 0 Å². The molecule has 0 fully saturated rings. The maximum absolute atomic E-state index is 10.1. The molecule has 1 amide bonds. The molecule has 9 heteroatoms. The number of aliphatic carboxylic acids is 1. The molecule has 0 aromatic heterocycles. The van der Waals surface area contributed by atoms with Crippen molar-refractivity contribution in [1.82, 2.24) is 5.32 Å². The van der Waals surface area contributed by atoms with Crippen LogP contribution >= 0.6 is 0 Å². The number of carboxylic acid groups (broad SMARTS) is 2. The van der Waals surface area contributed by atoms with Crippen LogP contribution in [0.3, 0.4) is 0 Å². The Labute approximate surface area is 116 Å². The zero-order valence-electron chi connectivity index (χ0n) is 11.2. The Bertz CT molecular complexity index is 235. The Morgan fingerprint density at radius 2 is 1.20 bits per heavy atom. The van der Waals surface area contributed by atoms with Crippen molar-refractivity contribution in [2.75, 3.05) is 59.4 Å². The van der Waals surface area contributed by atoms with E-state index in [-0.39, 0.29) is 19.8 Å². The van der Waals surface area contributed by atoms with E-state index in [0.717, 1.165) is 0 Å². The maximum Gasteiger partial charge on any atom is 0.404 e. The highest BCUT2D eigenvalue weighted by molar-refractivity contribution is 5.67. The second-order valence-electron chi connectivity index (χ2n) is 3.52. The van der Waals surface area contributed by atoms with Gasteiger partial charge in [0.15, 0.2) is 0 Å². The van der Waals surface area contributed by atoms with Crippen molar-refractivity contribution in [3.63, 3.8) is 0 Å². The van der Waals surface area contributed by atoms with Crippen molar-refractivity contribution in [2.45, 2.75) is 0 Å². The summed E-state index contributed by atoms with van der Waals surface area (Å²) < 4.78 is 20.2. The number of amides is 1. The lowest BCUT2D eigenvalue weighted by Crippen LogP contribution is -2.25. The van der Waals surface area contributed by atoms with Crippen LogP contribution in [-0.2, 0) is 23.7 Å². The summed E-state index contributed by atoms with van der Waals surface area (Å²) in [5.41, 5.74) is 0. The van der Waals surface area contributed by atoms with Crippen molar-refractivity contribution >= 4 is 12.1 Å². The first-order valence-electron chi connectivity index (χ1n) is 6.12. The minimum Gasteiger partial charge on any atom is -0.480 e. The van der Waals surface area contributed by atoms with Crippen LogP contribution in [0.4, 0.5) is 4.79 Å². The fourth-order valence-electron chi connectivity index (χ4n) is 1.05. The molecule has 0 heterocycles. The molecule has 0 aromatic carbocycles. The SMILES string of the molecule is O=C(O)COCCOCCOCCOCCNC(=O)O. The molecule has 0 spiro atoms. The quantitative estimate of drug-likeness (QED) is 0.363. The normalized spacial score (nSPS) is 10.4. The Hall–Kier alpha value is -1.42. The van der Waals surface area contributed by atoms with Crippen LogP contribution in [0.25, 0.3) is 0 Å². The number of carbonyl (C=O) groups is 2. The highest BCUT2D eigenvalue weighted by Crippen LogP contribution is 1.82. The van der Waals surface area contributed by atoms with E-state index < -0.39 is 12.1 Å². The Balaban J connectivity index is 2.99. The van der Waals surface area contributed by atoms with E-state index in [0.29, 0.717) is 39.6 Å². The van der Waals surface area contributed by atoms with Crippen molar-refractivity contribution in [3.05, 3.63) is 0 Å². The molecule has 0 bridgehead atoms. The molecule has 118 valence electrons. The van der Waals surface area contributed by atoms with Crippen molar-refractivity contribution < 1.29 is 38.7 Å². The van der Waals surface area contributed by atoms with Crippen molar-refractivity contribution in [3.8, 4) is 0 Å². The molecule has 0 rings (SSSR count). The largest absolute Gasteiger partial charge is 0.480 e. The molecular formula is C11H21NO8. The zero-order chi connectivity index (χ0) is 15.1. The van der Waals surface area contributed by atoms with Crippen LogP contribution in [0, 0.1) is 0 Å². The zero-order valence-corrected chi connectivity index (χ0v) is 11.2. The predicted molar refractivity (Wildman–Crippen MR) is 66.9 cm³/mol. The summed E-state index contributed by atoms with van der Waals surface area (Å²) >= 11 is 0. The van der Waals surface area contributed by atoms with E-state index in [1.54, 1.807) is 0 Å². The van der Waals surface area contributed by atoms with Gasteiger partial charge in [-0.1, -0.05) is 0 Å². The third kappa shape index (κ3) is 16.6. The van der Waals surface area contributed by atoms with Gasteiger partial charge in [0.1, 0.15) is 6.61 Å². The Kier molecular flexibility index (Phi) is 13.0. The molecule has 20 heavy (non-hydrogen) atoms. The third-order valence-electron chi connectivity index (χ3n) is 1.86. The van der Waals surface area contributed by atoms with E-state index in [9.17, 15) is 9.59 Å². The summed E-state index contributed by atoms with van der Waals surface area (Å²) in [6.45, 7) is 2.32. The van der Waals surface area contributed by atoms with Crippen molar-refractivity contribution in [1.29, 1.82) is 0 Å². The van der Waals surface area contributed by atoms with Crippen molar-refractivity contribution in [2.24, 2.45) is 0 Å². The highest BCUT2D eigenvalue weighted by Gasteiger charge is 1.96. The molecule has 0 radical (unpaired) electrons. The number of hydrogen-bond donors (Lipinski definition) is 3. The molecule has 0 aliphatic rings. The first-order valence-corrected chi connectivity index (χ1v) is 6.12.